The van der Waals surface area contributed by atoms with Crippen molar-refractivity contribution in [1.82, 2.24) is 10.2 Å². The number of ether oxygens (including phenoxy) is 2. The molecule has 0 aliphatic rings. The highest BCUT2D eigenvalue weighted by Gasteiger charge is 2.17. The Labute approximate surface area is 174 Å². The number of benzene rings is 2. The maximum Gasteiger partial charge on any atom is 0.319 e. The number of carbonyl (C=O) groups excluding carboxylic acids is 1. The number of rotatable bonds is 11. The molecule has 6 nitrogen and oxygen atoms in total. The predicted molar refractivity (Wildman–Crippen MR) is 118 cm³/mol. The number of nitrogens with zero attached hydrogens (tertiary/aromatic N) is 1. The number of hydrogen-bond donors (Lipinski definition) is 2. The lowest BCUT2D eigenvalue weighted by Crippen LogP contribution is -2.46. The summed E-state index contributed by atoms with van der Waals surface area (Å²) in [5.74, 6) is 1.25. The summed E-state index contributed by atoms with van der Waals surface area (Å²) in [4.78, 5) is 14.8. The number of amides is 2. The van der Waals surface area contributed by atoms with E-state index in [1.54, 1.807) is 25.3 Å². The van der Waals surface area contributed by atoms with Crippen molar-refractivity contribution >= 4 is 11.7 Å². The molecule has 0 aromatic heterocycles. The first-order valence-corrected chi connectivity index (χ1v) is 10.2. The van der Waals surface area contributed by atoms with Crippen LogP contribution in [0.2, 0.25) is 0 Å². The van der Waals surface area contributed by atoms with Crippen LogP contribution >= 0.6 is 0 Å². The molecule has 0 heterocycles. The second-order valence-corrected chi connectivity index (χ2v) is 6.70. The molecule has 2 aromatic rings. The van der Waals surface area contributed by atoms with Crippen LogP contribution in [0.25, 0.3) is 0 Å². The number of carbonyl (C=O) groups is 1. The second kappa shape index (κ2) is 12.0. The zero-order chi connectivity index (χ0) is 21.1. The lowest BCUT2D eigenvalue weighted by atomic mass is 10.0. The Hall–Kier alpha value is -2.73. The van der Waals surface area contributed by atoms with Gasteiger partial charge in [0, 0.05) is 24.3 Å². The van der Waals surface area contributed by atoms with E-state index in [9.17, 15) is 4.79 Å². The highest BCUT2D eigenvalue weighted by atomic mass is 16.5. The van der Waals surface area contributed by atoms with Gasteiger partial charge in [-0.2, -0.15) is 0 Å². The van der Waals surface area contributed by atoms with Crippen molar-refractivity contribution in [3.05, 3.63) is 54.1 Å². The van der Waals surface area contributed by atoms with Gasteiger partial charge in [-0.3, -0.25) is 4.90 Å². The molecule has 2 amide bonds. The quantitative estimate of drug-likeness (QED) is 0.595. The van der Waals surface area contributed by atoms with Gasteiger partial charge in [-0.1, -0.05) is 44.2 Å². The van der Waals surface area contributed by atoms with Crippen LogP contribution in [0, 0.1) is 0 Å². The summed E-state index contributed by atoms with van der Waals surface area (Å²) in [5, 5.41) is 5.90. The first-order chi connectivity index (χ1) is 14.1. The van der Waals surface area contributed by atoms with E-state index in [1.807, 2.05) is 25.1 Å². The van der Waals surface area contributed by atoms with Crippen molar-refractivity contribution in [3.8, 4) is 11.5 Å². The summed E-state index contributed by atoms with van der Waals surface area (Å²) in [6.07, 6.45) is 0.889. The Morgan fingerprint density at radius 1 is 1.03 bits per heavy atom. The number of methoxy groups -OCH3 is 1. The van der Waals surface area contributed by atoms with Crippen molar-refractivity contribution < 1.29 is 14.3 Å². The van der Waals surface area contributed by atoms with Gasteiger partial charge in [-0.25, -0.2) is 4.79 Å². The fourth-order valence-electron chi connectivity index (χ4n) is 3.37. The first kappa shape index (κ1) is 22.6. The number of anilines is 1. The molecule has 1 unspecified atom stereocenters. The molecule has 6 heteroatoms. The van der Waals surface area contributed by atoms with Crippen LogP contribution in [0.5, 0.6) is 11.5 Å². The van der Waals surface area contributed by atoms with Crippen LogP contribution in [-0.4, -0.2) is 50.3 Å². The summed E-state index contributed by atoms with van der Waals surface area (Å²) < 4.78 is 10.9. The molecule has 0 aliphatic heterocycles. The van der Waals surface area contributed by atoms with E-state index < -0.39 is 0 Å². The normalized spacial score (nSPS) is 11.8. The molecule has 0 bridgehead atoms. The highest BCUT2D eigenvalue weighted by Crippen LogP contribution is 2.30. The molecule has 2 N–H and O–H groups in total. The van der Waals surface area contributed by atoms with Crippen LogP contribution in [-0.2, 0) is 6.42 Å². The fourth-order valence-corrected chi connectivity index (χ4v) is 3.37. The van der Waals surface area contributed by atoms with Gasteiger partial charge >= 0.3 is 6.03 Å². The van der Waals surface area contributed by atoms with Gasteiger partial charge in [0.1, 0.15) is 0 Å². The molecule has 0 aliphatic carbocycles. The summed E-state index contributed by atoms with van der Waals surface area (Å²) in [6.45, 7) is 9.17. The van der Waals surface area contributed by atoms with Crippen molar-refractivity contribution in [3.63, 3.8) is 0 Å². The van der Waals surface area contributed by atoms with E-state index in [0.717, 1.165) is 19.5 Å². The van der Waals surface area contributed by atoms with Gasteiger partial charge < -0.3 is 20.1 Å². The topological polar surface area (TPSA) is 62.8 Å². The maximum absolute atomic E-state index is 12.5. The van der Waals surface area contributed by atoms with Gasteiger partial charge in [0.2, 0.25) is 0 Å². The minimum atomic E-state index is -0.233. The lowest BCUT2D eigenvalue weighted by molar-refractivity contribution is 0.207. The summed E-state index contributed by atoms with van der Waals surface area (Å²) in [6, 6.07) is 15.7. The molecule has 0 saturated carbocycles. The average Bonchev–Trinajstić information content (AvgIpc) is 2.74. The van der Waals surface area contributed by atoms with Gasteiger partial charge in [-0.05, 0) is 44.1 Å². The Morgan fingerprint density at radius 2 is 1.76 bits per heavy atom. The highest BCUT2D eigenvalue weighted by molar-refractivity contribution is 5.89. The molecule has 29 heavy (non-hydrogen) atoms. The number of urea groups is 1. The SMILES string of the molecule is CCOc1cc(NC(=O)NCC(Cc2ccccc2)N(CC)CC)ccc1OC. The van der Waals surface area contributed by atoms with E-state index in [-0.39, 0.29) is 12.1 Å². The molecule has 0 fully saturated rings. The average molecular weight is 400 g/mol. The van der Waals surface area contributed by atoms with Crippen LogP contribution < -0.4 is 20.1 Å². The molecule has 158 valence electrons. The first-order valence-electron chi connectivity index (χ1n) is 10.2. The van der Waals surface area contributed by atoms with E-state index in [2.05, 4.69) is 41.5 Å². The predicted octanol–water partition coefficient (Wildman–Crippen LogP) is 4.17. The molecular formula is C23H33N3O3. The Kier molecular flexibility index (Phi) is 9.31. The van der Waals surface area contributed by atoms with Gasteiger partial charge in [0.05, 0.1) is 13.7 Å². The zero-order valence-electron chi connectivity index (χ0n) is 17.9. The third kappa shape index (κ3) is 6.98. The van der Waals surface area contributed by atoms with Crippen molar-refractivity contribution in [2.45, 2.75) is 33.2 Å². The van der Waals surface area contributed by atoms with Gasteiger partial charge in [-0.15, -0.1) is 0 Å². The fraction of sp³-hybridized carbons (Fsp3) is 0.435. The van der Waals surface area contributed by atoms with Crippen molar-refractivity contribution in [2.24, 2.45) is 0 Å². The zero-order valence-corrected chi connectivity index (χ0v) is 17.9. The van der Waals surface area contributed by atoms with E-state index >= 15 is 0 Å². The molecule has 2 rings (SSSR count). The van der Waals surface area contributed by atoms with E-state index in [1.165, 1.54) is 5.56 Å². The Bertz CT molecular complexity index is 748. The van der Waals surface area contributed by atoms with Gasteiger partial charge in [0.25, 0.3) is 0 Å². The molecule has 1 atom stereocenters. The largest absolute Gasteiger partial charge is 0.493 e. The number of likely N-dealkylation sites (N-methyl/N-ethyl adjacent to an activating group) is 1. The number of nitrogens with one attached hydrogen (secondary N) is 2. The van der Waals surface area contributed by atoms with Crippen LogP contribution in [0.3, 0.4) is 0 Å². The smallest absolute Gasteiger partial charge is 0.319 e. The summed E-state index contributed by atoms with van der Waals surface area (Å²) in [5.41, 5.74) is 1.93. The Balaban J connectivity index is 1.99. The lowest BCUT2D eigenvalue weighted by Gasteiger charge is -2.30. The second-order valence-electron chi connectivity index (χ2n) is 6.70. The molecular weight excluding hydrogens is 366 g/mol. The van der Waals surface area contributed by atoms with Crippen molar-refractivity contribution in [1.29, 1.82) is 0 Å². The standard InChI is InChI=1S/C23H33N3O3/c1-5-26(6-2)20(15-18-11-9-8-10-12-18)17-24-23(27)25-19-13-14-21(28-4)22(16-19)29-7-3/h8-14,16,20H,5-7,15,17H2,1-4H3,(H2,24,25,27). The van der Waals surface area contributed by atoms with Gasteiger partial charge in [0.15, 0.2) is 11.5 Å². The third-order valence-electron chi connectivity index (χ3n) is 4.86. The van der Waals surface area contributed by atoms with E-state index in [0.29, 0.717) is 30.3 Å². The Morgan fingerprint density at radius 3 is 2.38 bits per heavy atom. The van der Waals surface area contributed by atoms with Crippen LogP contribution in [0.15, 0.2) is 48.5 Å². The minimum absolute atomic E-state index is 0.230. The maximum atomic E-state index is 12.5. The molecule has 0 radical (unpaired) electrons. The molecule has 0 spiro atoms. The third-order valence-corrected chi connectivity index (χ3v) is 4.86. The van der Waals surface area contributed by atoms with Crippen LogP contribution in [0.1, 0.15) is 26.3 Å². The molecule has 0 saturated heterocycles. The minimum Gasteiger partial charge on any atom is -0.493 e. The number of hydrogen-bond acceptors (Lipinski definition) is 4. The van der Waals surface area contributed by atoms with Crippen molar-refractivity contribution in [2.75, 3.05) is 38.7 Å². The summed E-state index contributed by atoms with van der Waals surface area (Å²) in [7, 11) is 1.59. The summed E-state index contributed by atoms with van der Waals surface area (Å²) >= 11 is 0. The monoisotopic (exact) mass is 399 g/mol. The molecule has 2 aromatic carbocycles. The van der Waals surface area contributed by atoms with Crippen LogP contribution in [0.4, 0.5) is 10.5 Å². The van der Waals surface area contributed by atoms with E-state index in [4.69, 9.17) is 9.47 Å².